The summed E-state index contributed by atoms with van der Waals surface area (Å²) < 4.78 is 6.60. The van der Waals surface area contributed by atoms with Crippen LogP contribution in [0.15, 0.2) is 156 Å². The molecule has 0 fully saturated rings. The zero-order chi connectivity index (χ0) is 30.1. The molecule has 7 aromatic carbocycles. The summed E-state index contributed by atoms with van der Waals surface area (Å²) in [6.45, 7) is 4.69. The maximum Gasteiger partial charge on any atom is 0.143 e. The minimum Gasteiger partial charge on any atom is -0.455 e. The summed E-state index contributed by atoms with van der Waals surface area (Å²) >= 11 is 0. The summed E-state index contributed by atoms with van der Waals surface area (Å²) in [5, 5.41) is 4.67. The van der Waals surface area contributed by atoms with E-state index >= 15 is 0 Å². The second kappa shape index (κ2) is 9.70. The van der Waals surface area contributed by atoms with Gasteiger partial charge in [-0.15, -0.1) is 0 Å². The Hall–Kier alpha value is -5.60. The van der Waals surface area contributed by atoms with Crippen molar-refractivity contribution in [2.75, 3.05) is 4.90 Å². The predicted octanol–water partition coefficient (Wildman–Crippen LogP) is 12.2. The van der Waals surface area contributed by atoms with Gasteiger partial charge in [-0.25, -0.2) is 0 Å². The van der Waals surface area contributed by atoms with Crippen LogP contribution >= 0.6 is 0 Å². The number of para-hydroxylation sites is 2. The summed E-state index contributed by atoms with van der Waals surface area (Å²) in [5.74, 6) is 0. The lowest BCUT2D eigenvalue weighted by Gasteiger charge is -2.28. The number of benzene rings is 7. The highest BCUT2D eigenvalue weighted by Gasteiger charge is 2.35. The van der Waals surface area contributed by atoms with E-state index in [-0.39, 0.29) is 5.41 Å². The molecule has 0 unspecified atom stereocenters. The van der Waals surface area contributed by atoms with Gasteiger partial charge in [-0.1, -0.05) is 117 Å². The van der Waals surface area contributed by atoms with E-state index in [2.05, 4.69) is 164 Å². The van der Waals surface area contributed by atoms with Crippen LogP contribution < -0.4 is 4.90 Å². The summed E-state index contributed by atoms with van der Waals surface area (Å²) in [7, 11) is 0. The quantitative estimate of drug-likeness (QED) is 0.207. The van der Waals surface area contributed by atoms with Crippen molar-refractivity contribution in [1.82, 2.24) is 0 Å². The van der Waals surface area contributed by atoms with Gasteiger partial charge in [-0.05, 0) is 87.1 Å². The summed E-state index contributed by atoms with van der Waals surface area (Å²) in [5.41, 5.74) is 12.7. The topological polar surface area (TPSA) is 16.4 Å². The number of furan rings is 1. The lowest BCUT2D eigenvalue weighted by atomic mass is 9.82. The van der Waals surface area contributed by atoms with E-state index in [9.17, 15) is 0 Å². The minimum absolute atomic E-state index is 0.0920. The van der Waals surface area contributed by atoms with Crippen LogP contribution in [-0.4, -0.2) is 0 Å². The first-order valence-electron chi connectivity index (χ1n) is 15.6. The Morgan fingerprint density at radius 2 is 1.20 bits per heavy atom. The fraction of sp³-hybridized carbons (Fsp3) is 0.0698. The second-order valence-corrected chi connectivity index (χ2v) is 12.6. The van der Waals surface area contributed by atoms with Crippen molar-refractivity contribution in [3.63, 3.8) is 0 Å². The number of hydrogen-bond acceptors (Lipinski definition) is 2. The van der Waals surface area contributed by atoms with Crippen LogP contribution in [0.2, 0.25) is 0 Å². The normalized spacial score (nSPS) is 13.3. The number of rotatable bonds is 4. The highest BCUT2D eigenvalue weighted by molar-refractivity contribution is 6.12. The molecule has 0 atom stereocenters. The molecule has 0 saturated heterocycles. The van der Waals surface area contributed by atoms with Crippen LogP contribution in [0.25, 0.3) is 55.0 Å². The summed E-state index contributed by atoms with van der Waals surface area (Å²) in [4.78, 5) is 2.39. The maximum atomic E-state index is 6.60. The highest BCUT2D eigenvalue weighted by atomic mass is 16.3. The number of hydrogen-bond donors (Lipinski definition) is 0. The fourth-order valence-electron chi connectivity index (χ4n) is 7.37. The zero-order valence-electron chi connectivity index (χ0n) is 25.3. The molecule has 2 nitrogen and oxygen atoms in total. The Labute approximate surface area is 262 Å². The summed E-state index contributed by atoms with van der Waals surface area (Å²) in [6, 6.07) is 54.7. The fourth-order valence-corrected chi connectivity index (χ4v) is 7.37. The van der Waals surface area contributed by atoms with Crippen LogP contribution in [0, 0.1) is 0 Å². The van der Waals surface area contributed by atoms with Crippen molar-refractivity contribution in [1.29, 1.82) is 0 Å². The number of anilines is 3. The Bertz CT molecular complexity index is 2410. The zero-order valence-corrected chi connectivity index (χ0v) is 25.3. The standard InChI is InChI=1S/C43H31NO/c1-43(2)39-18-10-8-16-34(39)35-23-22-32(27-40(35)43)44(31-14-4-3-5-15-31)33-25-37(30-21-20-28-12-6-7-13-29(28)24-30)42-38(26-33)36-17-9-11-19-41(36)45-42/h3-27H,1-2H3. The Kier molecular flexibility index (Phi) is 5.58. The SMILES string of the molecule is CC1(C)c2ccccc2-c2ccc(N(c3ccccc3)c3cc(-c4ccc5ccccc5c4)c4oc5ccccc5c4c3)cc21. The first-order valence-corrected chi connectivity index (χ1v) is 15.6. The third kappa shape index (κ3) is 3.96. The summed E-state index contributed by atoms with van der Waals surface area (Å²) in [6.07, 6.45) is 0. The monoisotopic (exact) mass is 577 g/mol. The van der Waals surface area contributed by atoms with Gasteiger partial charge in [0.15, 0.2) is 0 Å². The van der Waals surface area contributed by atoms with E-state index in [1.54, 1.807) is 0 Å². The van der Waals surface area contributed by atoms with Crippen molar-refractivity contribution >= 4 is 49.8 Å². The van der Waals surface area contributed by atoms with Crippen LogP contribution in [-0.2, 0) is 5.41 Å². The van der Waals surface area contributed by atoms with Gasteiger partial charge in [0.05, 0.1) is 0 Å². The molecule has 0 spiro atoms. The van der Waals surface area contributed by atoms with Crippen molar-refractivity contribution < 1.29 is 4.42 Å². The molecule has 8 aromatic rings. The molecule has 0 amide bonds. The van der Waals surface area contributed by atoms with E-state index in [0.717, 1.165) is 50.1 Å². The average molecular weight is 578 g/mol. The molecule has 0 N–H and O–H groups in total. The average Bonchev–Trinajstić information content (AvgIpc) is 3.57. The van der Waals surface area contributed by atoms with E-state index in [1.807, 2.05) is 6.07 Å². The van der Waals surface area contributed by atoms with E-state index < -0.39 is 0 Å². The Balaban J connectivity index is 1.31. The molecule has 1 aliphatic rings. The molecule has 0 saturated carbocycles. The van der Waals surface area contributed by atoms with Crippen molar-refractivity contribution in [2.45, 2.75) is 19.3 Å². The van der Waals surface area contributed by atoms with Crippen LogP contribution in [0.4, 0.5) is 17.1 Å². The minimum atomic E-state index is -0.0920. The molecular formula is C43H31NO. The number of fused-ring (bicyclic) bond motifs is 7. The first-order chi connectivity index (χ1) is 22.1. The molecule has 0 aliphatic heterocycles. The molecule has 2 heteroatoms. The predicted molar refractivity (Wildman–Crippen MR) is 189 cm³/mol. The van der Waals surface area contributed by atoms with Gasteiger partial charge in [0, 0.05) is 38.8 Å². The first kappa shape index (κ1) is 25.9. The lowest BCUT2D eigenvalue weighted by molar-refractivity contribution is 0.660. The molecular weight excluding hydrogens is 546 g/mol. The van der Waals surface area contributed by atoms with Crippen molar-refractivity contribution in [3.8, 4) is 22.3 Å². The van der Waals surface area contributed by atoms with E-state index in [4.69, 9.17) is 4.42 Å². The van der Waals surface area contributed by atoms with Gasteiger partial charge in [0.2, 0.25) is 0 Å². The third-order valence-electron chi connectivity index (χ3n) is 9.62. The molecule has 1 heterocycles. The molecule has 214 valence electrons. The van der Waals surface area contributed by atoms with Crippen molar-refractivity contribution in [3.05, 3.63) is 163 Å². The molecule has 1 aliphatic carbocycles. The van der Waals surface area contributed by atoms with Gasteiger partial charge < -0.3 is 9.32 Å². The highest BCUT2D eigenvalue weighted by Crippen LogP contribution is 2.51. The molecule has 45 heavy (non-hydrogen) atoms. The van der Waals surface area contributed by atoms with Gasteiger partial charge >= 0.3 is 0 Å². The van der Waals surface area contributed by atoms with Crippen LogP contribution in [0.1, 0.15) is 25.0 Å². The van der Waals surface area contributed by atoms with Gasteiger partial charge in [-0.2, -0.15) is 0 Å². The maximum absolute atomic E-state index is 6.60. The van der Waals surface area contributed by atoms with Crippen LogP contribution in [0.3, 0.4) is 0 Å². The largest absolute Gasteiger partial charge is 0.455 e. The second-order valence-electron chi connectivity index (χ2n) is 12.6. The Morgan fingerprint density at radius 3 is 2.09 bits per heavy atom. The Morgan fingerprint density at radius 1 is 0.467 bits per heavy atom. The molecule has 0 bridgehead atoms. The van der Waals surface area contributed by atoms with Crippen LogP contribution in [0.5, 0.6) is 0 Å². The number of nitrogens with zero attached hydrogens (tertiary/aromatic N) is 1. The van der Waals surface area contributed by atoms with Gasteiger partial charge in [0.25, 0.3) is 0 Å². The molecule has 1 aromatic heterocycles. The molecule has 9 rings (SSSR count). The van der Waals surface area contributed by atoms with Gasteiger partial charge in [0.1, 0.15) is 11.2 Å². The lowest BCUT2D eigenvalue weighted by Crippen LogP contribution is -2.16. The van der Waals surface area contributed by atoms with E-state index in [1.165, 1.54) is 33.0 Å². The molecule has 0 radical (unpaired) electrons. The van der Waals surface area contributed by atoms with Gasteiger partial charge in [-0.3, -0.25) is 0 Å². The van der Waals surface area contributed by atoms with Crippen molar-refractivity contribution in [2.24, 2.45) is 0 Å². The smallest absolute Gasteiger partial charge is 0.143 e. The third-order valence-corrected chi connectivity index (χ3v) is 9.62. The van der Waals surface area contributed by atoms with E-state index in [0.29, 0.717) is 0 Å².